The summed E-state index contributed by atoms with van der Waals surface area (Å²) in [5, 5.41) is 7.57. The Balaban J connectivity index is 0.942. The smallest absolute Gasteiger partial charge is 0.0701 e. The SMILES string of the molecule is c1ccc(-c2ccc(-c3ccc(-c4c5ccccc5c(-c5ccc(-c6ccc(-n7c8ccccc8c8ccccc87)cc6)cc5)c5ccccc45)cc3)cc2)nc1. The van der Waals surface area contributed by atoms with Crippen molar-refractivity contribution < 1.29 is 0 Å². The lowest BCUT2D eigenvalue weighted by molar-refractivity contribution is 1.18. The highest BCUT2D eigenvalue weighted by atomic mass is 15.0. The highest BCUT2D eigenvalue weighted by Crippen LogP contribution is 2.44. The molecule has 0 N–H and O–H groups in total. The molecule has 57 heavy (non-hydrogen) atoms. The first-order valence-electron chi connectivity index (χ1n) is 19.5. The Labute approximate surface area is 331 Å². The lowest BCUT2D eigenvalue weighted by Crippen LogP contribution is -1.93. The van der Waals surface area contributed by atoms with Gasteiger partial charge in [0, 0.05) is 28.2 Å². The Bertz CT molecular complexity index is 3120. The average molecular weight is 725 g/mol. The second kappa shape index (κ2) is 13.6. The highest BCUT2D eigenvalue weighted by Gasteiger charge is 2.17. The third kappa shape index (κ3) is 5.61. The van der Waals surface area contributed by atoms with E-state index in [1.807, 2.05) is 24.4 Å². The Morgan fingerprint density at radius 2 is 0.596 bits per heavy atom. The van der Waals surface area contributed by atoms with E-state index in [2.05, 4.69) is 204 Å². The molecule has 9 aromatic carbocycles. The van der Waals surface area contributed by atoms with Gasteiger partial charge in [0.05, 0.1) is 16.7 Å². The van der Waals surface area contributed by atoms with E-state index in [0.717, 1.165) is 16.9 Å². The normalized spacial score (nSPS) is 11.5. The summed E-state index contributed by atoms with van der Waals surface area (Å²) in [6.07, 6.45) is 1.84. The lowest BCUT2D eigenvalue weighted by Gasteiger charge is -2.18. The lowest BCUT2D eigenvalue weighted by atomic mass is 9.85. The van der Waals surface area contributed by atoms with Gasteiger partial charge in [0.2, 0.25) is 0 Å². The van der Waals surface area contributed by atoms with Gasteiger partial charge < -0.3 is 4.57 Å². The zero-order chi connectivity index (χ0) is 37.7. The number of hydrogen-bond donors (Lipinski definition) is 0. The monoisotopic (exact) mass is 724 g/mol. The minimum Gasteiger partial charge on any atom is -0.309 e. The Kier molecular flexibility index (Phi) is 7.86. The molecule has 0 radical (unpaired) electrons. The fourth-order valence-electron chi connectivity index (χ4n) is 8.78. The van der Waals surface area contributed by atoms with Gasteiger partial charge in [-0.15, -0.1) is 0 Å². The zero-order valence-electron chi connectivity index (χ0n) is 31.2. The van der Waals surface area contributed by atoms with Crippen LogP contribution >= 0.6 is 0 Å². The molecule has 0 spiro atoms. The van der Waals surface area contributed by atoms with Crippen molar-refractivity contribution in [2.24, 2.45) is 0 Å². The van der Waals surface area contributed by atoms with Gasteiger partial charge in [-0.25, -0.2) is 0 Å². The highest BCUT2D eigenvalue weighted by molar-refractivity contribution is 6.21. The van der Waals surface area contributed by atoms with Crippen LogP contribution in [0.25, 0.3) is 105 Å². The van der Waals surface area contributed by atoms with Crippen molar-refractivity contribution >= 4 is 43.4 Å². The van der Waals surface area contributed by atoms with Crippen molar-refractivity contribution in [3.8, 4) is 61.5 Å². The van der Waals surface area contributed by atoms with E-state index in [1.165, 1.54) is 87.9 Å². The number of rotatable bonds is 6. The van der Waals surface area contributed by atoms with Gasteiger partial charge in [0.1, 0.15) is 0 Å². The molecule has 0 atom stereocenters. The molecule has 0 aliphatic carbocycles. The molecule has 2 nitrogen and oxygen atoms in total. The van der Waals surface area contributed by atoms with Crippen LogP contribution in [0.15, 0.2) is 219 Å². The number of benzene rings is 9. The molecule has 0 aliphatic rings. The average Bonchev–Trinajstić information content (AvgIpc) is 3.63. The first-order valence-corrected chi connectivity index (χ1v) is 19.5. The van der Waals surface area contributed by atoms with E-state index in [1.54, 1.807) is 0 Å². The molecule has 0 amide bonds. The summed E-state index contributed by atoms with van der Waals surface area (Å²) in [7, 11) is 0. The molecule has 11 rings (SSSR count). The number of para-hydroxylation sites is 2. The standard InChI is InChI=1S/C55H36N2/c1-3-15-49-47(13-1)54(42-28-22-38(23-29-42)37-20-26-41(27-21-37)51-17-9-10-36-56-51)48-14-2-4-16-50(48)55(49)43-30-24-39(25-31-43)40-32-34-44(35-33-40)57-52-18-7-5-11-45(52)46-12-6-8-19-53(46)57/h1-36H. The van der Waals surface area contributed by atoms with E-state index < -0.39 is 0 Å². The minimum atomic E-state index is 0.985. The molecule has 0 saturated carbocycles. The third-order valence-electron chi connectivity index (χ3n) is 11.5. The zero-order valence-corrected chi connectivity index (χ0v) is 31.2. The molecular weight excluding hydrogens is 689 g/mol. The molecule has 2 heteroatoms. The van der Waals surface area contributed by atoms with Crippen LogP contribution in [-0.4, -0.2) is 9.55 Å². The molecule has 0 bridgehead atoms. The van der Waals surface area contributed by atoms with E-state index in [0.29, 0.717) is 0 Å². The van der Waals surface area contributed by atoms with Crippen LogP contribution in [0, 0.1) is 0 Å². The molecule has 266 valence electrons. The fraction of sp³-hybridized carbons (Fsp3) is 0. The van der Waals surface area contributed by atoms with E-state index in [4.69, 9.17) is 0 Å². The van der Waals surface area contributed by atoms with Gasteiger partial charge >= 0.3 is 0 Å². The third-order valence-corrected chi connectivity index (χ3v) is 11.5. The summed E-state index contributed by atoms with van der Waals surface area (Å²) >= 11 is 0. The molecule has 0 aliphatic heterocycles. The number of hydrogen-bond acceptors (Lipinski definition) is 1. The Morgan fingerprint density at radius 3 is 1.00 bits per heavy atom. The summed E-state index contributed by atoms with van der Waals surface area (Å²) < 4.78 is 2.37. The summed E-state index contributed by atoms with van der Waals surface area (Å²) in [5.41, 5.74) is 15.4. The van der Waals surface area contributed by atoms with Crippen LogP contribution in [0.1, 0.15) is 0 Å². The Morgan fingerprint density at radius 1 is 0.263 bits per heavy atom. The predicted octanol–water partition coefficient (Wildman–Crippen LogP) is 14.8. The summed E-state index contributed by atoms with van der Waals surface area (Å²) in [6.45, 7) is 0. The van der Waals surface area contributed by atoms with E-state index in [9.17, 15) is 0 Å². The number of fused-ring (bicyclic) bond motifs is 5. The molecule has 0 saturated heterocycles. The first-order chi connectivity index (χ1) is 28.3. The number of pyridine rings is 1. The second-order valence-electron chi connectivity index (χ2n) is 14.7. The second-order valence-corrected chi connectivity index (χ2v) is 14.7. The molecule has 0 unspecified atom stereocenters. The molecular formula is C55H36N2. The topological polar surface area (TPSA) is 17.8 Å². The summed E-state index contributed by atoms with van der Waals surface area (Å²) in [6, 6.07) is 76.9. The van der Waals surface area contributed by atoms with Crippen LogP contribution in [0.4, 0.5) is 0 Å². The molecule has 2 heterocycles. The molecule has 0 fully saturated rings. The van der Waals surface area contributed by atoms with Crippen LogP contribution in [0.3, 0.4) is 0 Å². The molecule has 2 aromatic heterocycles. The van der Waals surface area contributed by atoms with Crippen molar-refractivity contribution in [1.82, 2.24) is 9.55 Å². The van der Waals surface area contributed by atoms with Crippen LogP contribution < -0.4 is 0 Å². The van der Waals surface area contributed by atoms with Gasteiger partial charge in [-0.2, -0.15) is 0 Å². The quantitative estimate of drug-likeness (QED) is 0.156. The first kappa shape index (κ1) is 32.8. The predicted molar refractivity (Wildman–Crippen MR) is 241 cm³/mol. The number of aromatic nitrogens is 2. The van der Waals surface area contributed by atoms with Crippen molar-refractivity contribution in [2.75, 3.05) is 0 Å². The summed E-state index contributed by atoms with van der Waals surface area (Å²) in [5.74, 6) is 0. The van der Waals surface area contributed by atoms with E-state index >= 15 is 0 Å². The maximum Gasteiger partial charge on any atom is 0.0701 e. The van der Waals surface area contributed by atoms with Crippen LogP contribution in [0.2, 0.25) is 0 Å². The van der Waals surface area contributed by atoms with Gasteiger partial charge in [-0.1, -0.05) is 176 Å². The van der Waals surface area contributed by atoms with Crippen molar-refractivity contribution in [1.29, 1.82) is 0 Å². The largest absolute Gasteiger partial charge is 0.309 e. The van der Waals surface area contributed by atoms with E-state index in [-0.39, 0.29) is 0 Å². The molecule has 11 aromatic rings. The summed E-state index contributed by atoms with van der Waals surface area (Å²) in [4.78, 5) is 4.51. The van der Waals surface area contributed by atoms with Crippen molar-refractivity contribution in [3.63, 3.8) is 0 Å². The maximum atomic E-state index is 4.51. The van der Waals surface area contributed by atoms with Gasteiger partial charge in [-0.05, 0) is 102 Å². The van der Waals surface area contributed by atoms with Crippen LogP contribution in [-0.2, 0) is 0 Å². The number of nitrogens with zero attached hydrogens (tertiary/aromatic N) is 2. The van der Waals surface area contributed by atoms with Gasteiger partial charge in [0.15, 0.2) is 0 Å². The maximum absolute atomic E-state index is 4.51. The van der Waals surface area contributed by atoms with Gasteiger partial charge in [0.25, 0.3) is 0 Å². The minimum absolute atomic E-state index is 0.985. The fourth-order valence-corrected chi connectivity index (χ4v) is 8.78. The Hall–Kier alpha value is -7.55. The van der Waals surface area contributed by atoms with Gasteiger partial charge in [-0.3, -0.25) is 4.98 Å². The van der Waals surface area contributed by atoms with Crippen molar-refractivity contribution in [2.45, 2.75) is 0 Å². The van der Waals surface area contributed by atoms with Crippen molar-refractivity contribution in [3.05, 3.63) is 219 Å². The van der Waals surface area contributed by atoms with Crippen LogP contribution in [0.5, 0.6) is 0 Å².